The molecule has 0 aromatic carbocycles. The van der Waals surface area contributed by atoms with E-state index in [0.717, 1.165) is 0 Å². The third-order valence-corrected chi connectivity index (χ3v) is 7.94. The molecule has 0 unspecified atom stereocenters. The molecule has 0 aliphatic heterocycles. The van der Waals surface area contributed by atoms with Crippen molar-refractivity contribution in [3.63, 3.8) is 0 Å². The molecule has 8 nitrogen and oxygen atoms in total. The highest BCUT2D eigenvalue weighted by Crippen LogP contribution is 2.77. The zero-order chi connectivity index (χ0) is 22.2. The van der Waals surface area contributed by atoms with E-state index in [4.69, 9.17) is 0 Å². The topological polar surface area (TPSA) is 161 Å². The van der Waals surface area contributed by atoms with Crippen LogP contribution < -0.4 is 20.4 Å². The first-order valence-corrected chi connectivity index (χ1v) is 10.7. The number of carbonyl (C=O) groups excluding carboxylic acids is 4. The Hall–Kier alpha value is -2.12. The highest BCUT2D eigenvalue weighted by Gasteiger charge is 2.66. The standard InChI is InChI=1S/C22H32O8/c23-15(24)1-5-19-9-20(6-2-16(25)26)12-21(10-19,7-3-17(27)28)14-22(11-19,13-20)8-4-18(29)30/h1-14H2,(H,23,24)(H,25,26)(H,27,28)(H,29,30)/p-4. The first-order valence-electron chi connectivity index (χ1n) is 10.7. The summed E-state index contributed by atoms with van der Waals surface area (Å²) in [6.07, 6.45) is 5.11. The van der Waals surface area contributed by atoms with Crippen LogP contribution in [0.25, 0.3) is 0 Å². The normalized spacial score (nSPS) is 36.5. The second-order valence-electron chi connectivity index (χ2n) is 10.5. The highest BCUT2D eigenvalue weighted by molar-refractivity contribution is 5.65. The van der Waals surface area contributed by atoms with E-state index in [1.54, 1.807) is 0 Å². The molecule has 0 aromatic heterocycles. The molecule has 8 heteroatoms. The summed E-state index contributed by atoms with van der Waals surface area (Å²) in [7, 11) is 0. The van der Waals surface area contributed by atoms with E-state index >= 15 is 0 Å². The summed E-state index contributed by atoms with van der Waals surface area (Å²) in [5.41, 5.74) is -1.51. The van der Waals surface area contributed by atoms with Gasteiger partial charge in [0.05, 0.1) is 0 Å². The van der Waals surface area contributed by atoms with Crippen LogP contribution in [0.2, 0.25) is 0 Å². The van der Waals surface area contributed by atoms with Gasteiger partial charge in [0.1, 0.15) is 0 Å². The summed E-state index contributed by atoms with van der Waals surface area (Å²) in [6.45, 7) is 0. The molecule has 0 amide bonds. The zero-order valence-electron chi connectivity index (χ0n) is 17.2. The Morgan fingerprint density at radius 3 is 0.733 bits per heavy atom. The molecule has 0 radical (unpaired) electrons. The van der Waals surface area contributed by atoms with Crippen molar-refractivity contribution in [2.45, 2.75) is 89.9 Å². The molecule has 4 saturated carbocycles. The molecule has 0 N–H and O–H groups in total. The van der Waals surface area contributed by atoms with Gasteiger partial charge in [0.25, 0.3) is 0 Å². The minimum Gasteiger partial charge on any atom is -0.550 e. The maximum atomic E-state index is 11.2. The Bertz CT molecular complexity index is 582. The molecule has 4 aliphatic rings. The lowest BCUT2D eigenvalue weighted by atomic mass is 9.33. The van der Waals surface area contributed by atoms with Gasteiger partial charge in [-0.25, -0.2) is 0 Å². The van der Waals surface area contributed by atoms with Gasteiger partial charge in [-0.3, -0.25) is 0 Å². The van der Waals surface area contributed by atoms with Crippen molar-refractivity contribution in [3.8, 4) is 0 Å². The molecule has 4 fully saturated rings. The number of carboxylic acid groups (broad SMARTS) is 4. The second-order valence-corrected chi connectivity index (χ2v) is 10.5. The molecule has 4 aliphatic carbocycles. The van der Waals surface area contributed by atoms with Gasteiger partial charge in [-0.1, -0.05) is 0 Å². The van der Waals surface area contributed by atoms with Crippen LogP contribution in [0.3, 0.4) is 0 Å². The fourth-order valence-corrected chi connectivity index (χ4v) is 8.05. The average molecular weight is 420 g/mol. The second kappa shape index (κ2) is 7.85. The summed E-state index contributed by atoms with van der Waals surface area (Å²) in [5.74, 6) is -4.60. The Kier molecular flexibility index (Phi) is 5.91. The first kappa shape index (κ1) is 22.6. The predicted molar refractivity (Wildman–Crippen MR) is 94.4 cm³/mol. The third kappa shape index (κ3) is 4.78. The number of rotatable bonds is 12. The van der Waals surface area contributed by atoms with Crippen LogP contribution in [-0.2, 0) is 19.2 Å². The Morgan fingerprint density at radius 2 is 0.600 bits per heavy atom. The summed E-state index contributed by atoms with van der Waals surface area (Å²) in [5, 5.41) is 44.8. The van der Waals surface area contributed by atoms with Crippen LogP contribution in [0.1, 0.15) is 89.9 Å². The summed E-state index contributed by atoms with van der Waals surface area (Å²) in [6, 6.07) is 0. The SMILES string of the molecule is O=C([O-])CCC12CC3(CCC(=O)[O-])CC(CCC(=O)[O-])(C1)CC(CCC(=O)[O-])(C2)C3. The number of hydrogen-bond acceptors (Lipinski definition) is 8. The fourth-order valence-electron chi connectivity index (χ4n) is 8.05. The van der Waals surface area contributed by atoms with Crippen molar-refractivity contribution in [1.29, 1.82) is 0 Å². The van der Waals surface area contributed by atoms with Crippen molar-refractivity contribution in [2.75, 3.05) is 0 Å². The minimum atomic E-state index is -1.15. The quantitative estimate of drug-likeness (QED) is 0.366. The summed E-state index contributed by atoms with van der Waals surface area (Å²) < 4.78 is 0. The van der Waals surface area contributed by atoms with E-state index in [1.807, 2.05) is 0 Å². The number of carbonyl (C=O) groups is 4. The molecule has 4 bridgehead atoms. The predicted octanol–water partition coefficient (Wildman–Crippen LogP) is -1.57. The average Bonchev–Trinajstić information content (AvgIpc) is 2.61. The summed E-state index contributed by atoms with van der Waals surface area (Å²) >= 11 is 0. The van der Waals surface area contributed by atoms with Crippen molar-refractivity contribution < 1.29 is 39.6 Å². The molecular weight excluding hydrogens is 392 g/mol. The van der Waals surface area contributed by atoms with Crippen molar-refractivity contribution in [2.24, 2.45) is 21.7 Å². The van der Waals surface area contributed by atoms with Gasteiger partial charge in [0.2, 0.25) is 0 Å². The molecular formula is C22H28O8-4. The molecule has 30 heavy (non-hydrogen) atoms. The van der Waals surface area contributed by atoms with Gasteiger partial charge < -0.3 is 39.6 Å². The largest absolute Gasteiger partial charge is 0.550 e. The number of carboxylic acids is 4. The Balaban J connectivity index is 1.98. The van der Waals surface area contributed by atoms with Crippen LogP contribution in [0, 0.1) is 21.7 Å². The van der Waals surface area contributed by atoms with E-state index in [0.29, 0.717) is 64.2 Å². The van der Waals surface area contributed by atoms with Gasteiger partial charge in [-0.05, 0) is 112 Å². The van der Waals surface area contributed by atoms with Gasteiger partial charge >= 0.3 is 0 Å². The monoisotopic (exact) mass is 420 g/mol. The van der Waals surface area contributed by atoms with E-state index < -0.39 is 23.9 Å². The Morgan fingerprint density at radius 1 is 0.433 bits per heavy atom. The van der Waals surface area contributed by atoms with Crippen LogP contribution in [0.4, 0.5) is 0 Å². The van der Waals surface area contributed by atoms with Crippen LogP contribution in [0.15, 0.2) is 0 Å². The lowest BCUT2D eigenvalue weighted by Crippen LogP contribution is -2.61. The molecule has 0 aromatic rings. The number of aliphatic carboxylic acids is 4. The van der Waals surface area contributed by atoms with Crippen LogP contribution >= 0.6 is 0 Å². The van der Waals surface area contributed by atoms with E-state index in [1.165, 1.54) is 0 Å². The van der Waals surface area contributed by atoms with E-state index in [9.17, 15) is 39.6 Å². The third-order valence-electron chi connectivity index (χ3n) is 7.94. The minimum absolute atomic E-state index is 0.121. The van der Waals surface area contributed by atoms with Crippen molar-refractivity contribution in [1.82, 2.24) is 0 Å². The van der Waals surface area contributed by atoms with E-state index in [-0.39, 0.29) is 47.3 Å². The zero-order valence-corrected chi connectivity index (χ0v) is 17.2. The maximum Gasteiger partial charge on any atom is 0.0414 e. The molecule has 0 saturated heterocycles. The van der Waals surface area contributed by atoms with E-state index in [2.05, 4.69) is 0 Å². The van der Waals surface area contributed by atoms with Gasteiger partial charge in [-0.15, -0.1) is 0 Å². The molecule has 0 spiro atoms. The maximum absolute atomic E-state index is 11.2. The smallest absolute Gasteiger partial charge is 0.0414 e. The molecule has 0 atom stereocenters. The highest BCUT2D eigenvalue weighted by atomic mass is 16.4. The molecule has 168 valence electrons. The molecule has 0 heterocycles. The van der Waals surface area contributed by atoms with Crippen LogP contribution in [0.5, 0.6) is 0 Å². The lowest BCUT2D eigenvalue weighted by molar-refractivity contribution is -0.307. The van der Waals surface area contributed by atoms with Crippen LogP contribution in [-0.4, -0.2) is 23.9 Å². The van der Waals surface area contributed by atoms with Gasteiger partial charge in [0, 0.05) is 23.9 Å². The number of hydrogen-bond donors (Lipinski definition) is 0. The van der Waals surface area contributed by atoms with Crippen molar-refractivity contribution >= 4 is 23.9 Å². The van der Waals surface area contributed by atoms with Gasteiger partial charge in [-0.2, -0.15) is 0 Å². The summed E-state index contributed by atoms with van der Waals surface area (Å²) in [4.78, 5) is 44.8. The van der Waals surface area contributed by atoms with Gasteiger partial charge in [0.15, 0.2) is 0 Å². The first-order chi connectivity index (χ1) is 13.9. The fraction of sp³-hybridized carbons (Fsp3) is 0.818. The molecule has 4 rings (SSSR count). The Labute approximate surface area is 175 Å². The van der Waals surface area contributed by atoms with Crippen molar-refractivity contribution in [3.05, 3.63) is 0 Å². The lowest BCUT2D eigenvalue weighted by Gasteiger charge is -2.72.